The Morgan fingerprint density at radius 1 is 1.15 bits per heavy atom. The molecule has 2 amide bonds. The number of piperidine rings is 1. The van der Waals surface area contributed by atoms with E-state index < -0.39 is 0 Å². The number of aryl methyl sites for hydroxylation is 1. The van der Waals surface area contributed by atoms with Crippen LogP contribution in [-0.4, -0.2) is 39.6 Å². The molecule has 2 heterocycles. The highest BCUT2D eigenvalue weighted by atomic mass is 16.2. The largest absolute Gasteiger partial charge is 0.369 e. The molecule has 138 valence electrons. The molecule has 2 N–H and O–H groups in total. The second kappa shape index (κ2) is 6.87. The number of rotatable bonds is 3. The highest BCUT2D eigenvalue weighted by molar-refractivity contribution is 5.96. The van der Waals surface area contributed by atoms with Crippen molar-refractivity contribution in [1.29, 1.82) is 0 Å². The zero-order valence-electron chi connectivity index (χ0n) is 15.3. The molecule has 0 saturated carbocycles. The van der Waals surface area contributed by atoms with E-state index in [2.05, 4.69) is 11.2 Å². The van der Waals surface area contributed by atoms with Crippen molar-refractivity contribution in [3.05, 3.63) is 54.2 Å². The van der Waals surface area contributed by atoms with Crippen molar-refractivity contribution in [1.82, 2.24) is 14.7 Å². The monoisotopic (exact) mass is 362 g/mol. The quantitative estimate of drug-likeness (QED) is 0.777. The predicted octanol–water partition coefficient (Wildman–Crippen LogP) is 2.58. The second-order valence-electron chi connectivity index (χ2n) is 7.12. The first kappa shape index (κ1) is 17.3. The van der Waals surface area contributed by atoms with E-state index in [1.165, 1.54) is 0 Å². The Morgan fingerprint density at radius 3 is 2.78 bits per heavy atom. The average molecular weight is 362 g/mol. The highest BCUT2D eigenvalue weighted by Crippen LogP contribution is 2.26. The number of carbonyl (C=O) groups excluding carboxylic acids is 2. The third kappa shape index (κ3) is 3.30. The molecule has 27 heavy (non-hydrogen) atoms. The Hall–Kier alpha value is -3.15. The van der Waals surface area contributed by atoms with E-state index in [0.29, 0.717) is 18.7 Å². The van der Waals surface area contributed by atoms with Crippen molar-refractivity contribution in [3.63, 3.8) is 0 Å². The van der Waals surface area contributed by atoms with Crippen LogP contribution in [0.2, 0.25) is 0 Å². The number of nitrogens with two attached hydrogens (primary N) is 1. The number of nitrogens with zero attached hydrogens (tertiary/aromatic N) is 3. The van der Waals surface area contributed by atoms with Gasteiger partial charge in [-0.1, -0.05) is 18.2 Å². The molecular weight excluding hydrogens is 340 g/mol. The third-order valence-electron chi connectivity index (χ3n) is 5.30. The fourth-order valence-corrected chi connectivity index (χ4v) is 3.75. The summed E-state index contributed by atoms with van der Waals surface area (Å²) in [4.78, 5) is 26.2. The van der Waals surface area contributed by atoms with Crippen molar-refractivity contribution in [2.24, 2.45) is 18.7 Å². The van der Waals surface area contributed by atoms with Gasteiger partial charge in [0.05, 0.1) is 17.6 Å². The van der Waals surface area contributed by atoms with Gasteiger partial charge in [0.25, 0.3) is 5.91 Å². The molecule has 1 aliphatic rings. The molecule has 6 nitrogen and oxygen atoms in total. The van der Waals surface area contributed by atoms with Crippen LogP contribution in [0.1, 0.15) is 23.2 Å². The van der Waals surface area contributed by atoms with Crippen molar-refractivity contribution in [3.8, 4) is 11.1 Å². The van der Waals surface area contributed by atoms with Gasteiger partial charge >= 0.3 is 0 Å². The standard InChI is InChI=1S/C21H22N4O2/c1-24-19-8-7-15(11-18(19)12-23-24)14-4-2-5-16(10-14)21(27)25-9-3-6-17(13-25)20(22)26/h2,4-5,7-8,10-12,17H,3,6,9,13H2,1H3,(H2,22,26)/t17-/m1/s1. The number of likely N-dealkylation sites (tertiary alicyclic amines) is 1. The lowest BCUT2D eigenvalue weighted by Crippen LogP contribution is -2.44. The zero-order valence-corrected chi connectivity index (χ0v) is 15.3. The molecule has 0 spiro atoms. The zero-order chi connectivity index (χ0) is 19.0. The van der Waals surface area contributed by atoms with Gasteiger partial charge in [-0.3, -0.25) is 14.3 Å². The van der Waals surface area contributed by atoms with Crippen LogP contribution >= 0.6 is 0 Å². The average Bonchev–Trinajstić information content (AvgIpc) is 3.08. The van der Waals surface area contributed by atoms with Gasteiger partial charge < -0.3 is 10.6 Å². The maximum absolute atomic E-state index is 12.9. The molecule has 1 fully saturated rings. The lowest BCUT2D eigenvalue weighted by Gasteiger charge is -2.31. The number of carbonyl (C=O) groups is 2. The molecule has 1 aromatic heterocycles. The van der Waals surface area contributed by atoms with Gasteiger partial charge in [-0.15, -0.1) is 0 Å². The fraction of sp³-hybridized carbons (Fsp3) is 0.286. The van der Waals surface area contributed by atoms with Crippen LogP contribution in [0.4, 0.5) is 0 Å². The summed E-state index contributed by atoms with van der Waals surface area (Å²) in [6.45, 7) is 1.06. The maximum atomic E-state index is 12.9. The smallest absolute Gasteiger partial charge is 0.253 e. The molecule has 1 saturated heterocycles. The van der Waals surface area contributed by atoms with Gasteiger partial charge in [-0.05, 0) is 48.2 Å². The van der Waals surface area contributed by atoms with Crippen molar-refractivity contribution in [2.75, 3.05) is 13.1 Å². The van der Waals surface area contributed by atoms with Crippen molar-refractivity contribution in [2.45, 2.75) is 12.8 Å². The number of benzene rings is 2. The number of primary amides is 1. The molecule has 6 heteroatoms. The minimum Gasteiger partial charge on any atom is -0.369 e. The molecule has 3 aromatic rings. The van der Waals surface area contributed by atoms with E-state index in [1.54, 1.807) is 4.90 Å². The number of hydrogen-bond donors (Lipinski definition) is 1. The Balaban J connectivity index is 1.61. The SMILES string of the molecule is Cn1ncc2cc(-c3cccc(C(=O)N4CCC[C@@H](C(N)=O)C4)c3)ccc21. The summed E-state index contributed by atoms with van der Waals surface area (Å²) in [5.74, 6) is -0.629. The van der Waals surface area contributed by atoms with Gasteiger partial charge in [-0.2, -0.15) is 5.10 Å². The molecule has 1 atom stereocenters. The lowest BCUT2D eigenvalue weighted by molar-refractivity contribution is -0.123. The molecule has 4 rings (SSSR count). The van der Waals surface area contributed by atoms with Gasteiger partial charge in [0.1, 0.15) is 0 Å². The highest BCUT2D eigenvalue weighted by Gasteiger charge is 2.27. The summed E-state index contributed by atoms with van der Waals surface area (Å²) in [6, 6.07) is 13.8. The first-order valence-corrected chi connectivity index (χ1v) is 9.14. The maximum Gasteiger partial charge on any atom is 0.253 e. The van der Waals surface area contributed by atoms with Crippen molar-refractivity contribution >= 4 is 22.7 Å². The molecule has 2 aromatic carbocycles. The second-order valence-corrected chi connectivity index (χ2v) is 7.12. The van der Waals surface area contributed by atoms with Crippen LogP contribution in [-0.2, 0) is 11.8 Å². The first-order valence-electron chi connectivity index (χ1n) is 9.14. The molecule has 0 radical (unpaired) electrons. The third-order valence-corrected chi connectivity index (χ3v) is 5.30. The molecule has 0 aliphatic carbocycles. The lowest BCUT2D eigenvalue weighted by atomic mass is 9.96. The van der Waals surface area contributed by atoms with Gasteiger partial charge in [0.15, 0.2) is 0 Å². The van der Waals surface area contributed by atoms with Crippen LogP contribution in [0.25, 0.3) is 22.0 Å². The van der Waals surface area contributed by atoms with Gasteiger partial charge in [-0.25, -0.2) is 0 Å². The fourth-order valence-electron chi connectivity index (χ4n) is 3.75. The number of aromatic nitrogens is 2. The summed E-state index contributed by atoms with van der Waals surface area (Å²) < 4.78 is 1.84. The van der Waals surface area contributed by atoms with E-state index in [-0.39, 0.29) is 17.7 Å². The van der Waals surface area contributed by atoms with E-state index in [1.807, 2.05) is 54.3 Å². The van der Waals surface area contributed by atoms with Crippen LogP contribution in [0.15, 0.2) is 48.7 Å². The van der Waals surface area contributed by atoms with E-state index in [9.17, 15) is 9.59 Å². The van der Waals surface area contributed by atoms with Crippen LogP contribution in [0.3, 0.4) is 0 Å². The number of hydrogen-bond acceptors (Lipinski definition) is 3. The van der Waals surface area contributed by atoms with Gasteiger partial charge in [0.2, 0.25) is 5.91 Å². The Kier molecular flexibility index (Phi) is 4.39. The Bertz CT molecular complexity index is 1020. The molecule has 0 bridgehead atoms. The van der Waals surface area contributed by atoms with Crippen molar-refractivity contribution < 1.29 is 9.59 Å². The minimum absolute atomic E-state index is 0.0507. The number of amides is 2. The molecular formula is C21H22N4O2. The summed E-state index contributed by atoms with van der Waals surface area (Å²) in [6.07, 6.45) is 3.40. The van der Waals surface area contributed by atoms with Gasteiger partial charge in [0, 0.05) is 31.1 Å². The minimum atomic E-state index is -0.328. The summed E-state index contributed by atoms with van der Waals surface area (Å²) in [7, 11) is 1.92. The summed E-state index contributed by atoms with van der Waals surface area (Å²) in [5, 5.41) is 5.34. The summed E-state index contributed by atoms with van der Waals surface area (Å²) >= 11 is 0. The number of fused-ring (bicyclic) bond motifs is 1. The summed E-state index contributed by atoms with van der Waals surface area (Å²) in [5.41, 5.74) is 9.15. The van der Waals surface area contributed by atoms with Crippen LogP contribution < -0.4 is 5.73 Å². The Morgan fingerprint density at radius 2 is 1.96 bits per heavy atom. The topological polar surface area (TPSA) is 81.2 Å². The van der Waals surface area contributed by atoms with E-state index >= 15 is 0 Å². The molecule has 0 unspecified atom stereocenters. The van der Waals surface area contributed by atoms with Crippen LogP contribution in [0, 0.1) is 5.92 Å². The normalized spacial score (nSPS) is 17.2. The predicted molar refractivity (Wildman–Crippen MR) is 104 cm³/mol. The van der Waals surface area contributed by atoms with E-state index in [4.69, 9.17) is 5.73 Å². The first-order chi connectivity index (χ1) is 13.0. The molecule has 1 aliphatic heterocycles. The van der Waals surface area contributed by atoms with E-state index in [0.717, 1.165) is 34.9 Å². The Labute approximate surface area is 157 Å². The van der Waals surface area contributed by atoms with Crippen LogP contribution in [0.5, 0.6) is 0 Å².